The fourth-order valence-electron chi connectivity index (χ4n) is 2.20. The minimum atomic E-state index is -0.274. The molecule has 0 aliphatic carbocycles. The van der Waals surface area contributed by atoms with Crippen molar-refractivity contribution in [2.24, 2.45) is 0 Å². The van der Waals surface area contributed by atoms with Gasteiger partial charge in [0.05, 0.1) is 12.6 Å². The molecule has 0 spiro atoms. The second-order valence-corrected chi connectivity index (χ2v) is 4.95. The third-order valence-electron chi connectivity index (χ3n) is 3.33. The minimum Gasteiger partial charge on any atom is -0.494 e. The van der Waals surface area contributed by atoms with Gasteiger partial charge >= 0.3 is 0 Å². The number of halogens is 1. The first kappa shape index (κ1) is 14.8. The van der Waals surface area contributed by atoms with E-state index in [2.05, 4.69) is 10.6 Å². The Bertz CT molecular complexity index is 416. The summed E-state index contributed by atoms with van der Waals surface area (Å²) in [5, 5.41) is 6.12. The molecule has 1 aromatic rings. The van der Waals surface area contributed by atoms with Crippen molar-refractivity contribution >= 4 is 5.91 Å². The number of nitrogens with one attached hydrogen (secondary N) is 2. The molecule has 0 bridgehead atoms. The second kappa shape index (κ2) is 7.85. The predicted molar refractivity (Wildman–Crippen MR) is 75.2 cm³/mol. The molecule has 0 aromatic heterocycles. The Balaban J connectivity index is 1.57. The number of hydrogen-bond donors (Lipinski definition) is 2. The van der Waals surface area contributed by atoms with Crippen LogP contribution in [-0.2, 0) is 4.79 Å². The number of rotatable bonds is 6. The van der Waals surface area contributed by atoms with E-state index in [0.29, 0.717) is 18.9 Å². The second-order valence-electron chi connectivity index (χ2n) is 4.95. The molecular formula is C15H21FN2O2. The van der Waals surface area contributed by atoms with E-state index in [-0.39, 0.29) is 17.8 Å². The van der Waals surface area contributed by atoms with E-state index in [9.17, 15) is 9.18 Å². The summed E-state index contributed by atoms with van der Waals surface area (Å²) in [5.74, 6) is 0.447. The molecule has 1 aliphatic heterocycles. The van der Waals surface area contributed by atoms with Crippen LogP contribution >= 0.6 is 0 Å². The van der Waals surface area contributed by atoms with Gasteiger partial charge in [0, 0.05) is 6.54 Å². The monoisotopic (exact) mass is 280 g/mol. The maximum atomic E-state index is 12.7. The van der Waals surface area contributed by atoms with Gasteiger partial charge in [-0.1, -0.05) is 6.42 Å². The fraction of sp³-hybridized carbons (Fsp3) is 0.533. The van der Waals surface area contributed by atoms with E-state index >= 15 is 0 Å². The summed E-state index contributed by atoms with van der Waals surface area (Å²) < 4.78 is 18.1. The molecule has 1 heterocycles. The van der Waals surface area contributed by atoms with Crippen molar-refractivity contribution in [1.82, 2.24) is 10.6 Å². The van der Waals surface area contributed by atoms with E-state index in [0.717, 1.165) is 32.2 Å². The third-order valence-corrected chi connectivity index (χ3v) is 3.33. The number of piperidine rings is 1. The third kappa shape index (κ3) is 4.81. The van der Waals surface area contributed by atoms with Gasteiger partial charge in [-0.15, -0.1) is 0 Å². The molecule has 5 heteroatoms. The zero-order valence-electron chi connectivity index (χ0n) is 11.5. The quantitative estimate of drug-likeness (QED) is 0.782. The molecule has 1 aromatic carbocycles. The molecule has 2 rings (SSSR count). The highest BCUT2D eigenvalue weighted by Crippen LogP contribution is 2.11. The van der Waals surface area contributed by atoms with Crippen molar-refractivity contribution in [3.63, 3.8) is 0 Å². The molecule has 1 amide bonds. The molecule has 110 valence electrons. The van der Waals surface area contributed by atoms with Crippen LogP contribution in [0.25, 0.3) is 0 Å². The summed E-state index contributed by atoms with van der Waals surface area (Å²) in [7, 11) is 0. The van der Waals surface area contributed by atoms with Crippen molar-refractivity contribution in [3.8, 4) is 5.75 Å². The summed E-state index contributed by atoms with van der Waals surface area (Å²) in [5.41, 5.74) is 0. The van der Waals surface area contributed by atoms with Crippen LogP contribution in [-0.4, -0.2) is 31.6 Å². The van der Waals surface area contributed by atoms with Crippen LogP contribution in [0.4, 0.5) is 4.39 Å². The summed E-state index contributed by atoms with van der Waals surface area (Å²) in [4.78, 5) is 11.8. The number of hydrogen-bond acceptors (Lipinski definition) is 3. The van der Waals surface area contributed by atoms with Crippen LogP contribution in [0.5, 0.6) is 5.75 Å². The summed E-state index contributed by atoms with van der Waals surface area (Å²) >= 11 is 0. The molecule has 0 radical (unpaired) electrons. The lowest BCUT2D eigenvalue weighted by atomic mass is 10.0. The average Bonchev–Trinajstić information content (AvgIpc) is 2.49. The molecule has 1 atom stereocenters. The largest absolute Gasteiger partial charge is 0.494 e. The summed E-state index contributed by atoms with van der Waals surface area (Å²) in [6, 6.07) is 5.89. The van der Waals surface area contributed by atoms with Crippen LogP contribution in [0.1, 0.15) is 25.7 Å². The van der Waals surface area contributed by atoms with Crippen molar-refractivity contribution in [1.29, 1.82) is 0 Å². The lowest BCUT2D eigenvalue weighted by Crippen LogP contribution is -2.46. The SMILES string of the molecule is O=C(NCCCOc1ccc(F)cc1)C1CCCCN1. The number of amides is 1. The Morgan fingerprint density at radius 1 is 1.35 bits per heavy atom. The van der Waals surface area contributed by atoms with E-state index in [1.54, 1.807) is 12.1 Å². The average molecular weight is 280 g/mol. The Labute approximate surface area is 118 Å². The van der Waals surface area contributed by atoms with Crippen molar-refractivity contribution in [2.75, 3.05) is 19.7 Å². The molecule has 1 saturated heterocycles. The first-order chi connectivity index (χ1) is 9.75. The highest BCUT2D eigenvalue weighted by atomic mass is 19.1. The molecular weight excluding hydrogens is 259 g/mol. The number of ether oxygens (including phenoxy) is 1. The number of carbonyl (C=O) groups excluding carboxylic acids is 1. The van der Waals surface area contributed by atoms with Crippen molar-refractivity contribution in [3.05, 3.63) is 30.1 Å². The first-order valence-corrected chi connectivity index (χ1v) is 7.15. The molecule has 0 saturated carbocycles. The van der Waals surface area contributed by atoms with Gasteiger partial charge in [0.2, 0.25) is 5.91 Å². The molecule has 1 unspecified atom stereocenters. The van der Waals surface area contributed by atoms with Gasteiger partial charge < -0.3 is 15.4 Å². The molecule has 4 nitrogen and oxygen atoms in total. The van der Waals surface area contributed by atoms with Gasteiger partial charge in [0.15, 0.2) is 0 Å². The van der Waals surface area contributed by atoms with Gasteiger partial charge in [-0.2, -0.15) is 0 Å². The molecule has 1 aliphatic rings. The van der Waals surface area contributed by atoms with Gasteiger partial charge in [0.25, 0.3) is 0 Å². The van der Waals surface area contributed by atoms with E-state index in [4.69, 9.17) is 4.74 Å². The first-order valence-electron chi connectivity index (χ1n) is 7.15. The van der Waals surface area contributed by atoms with Gasteiger partial charge in [-0.25, -0.2) is 4.39 Å². The lowest BCUT2D eigenvalue weighted by molar-refractivity contribution is -0.123. The Morgan fingerprint density at radius 2 is 2.15 bits per heavy atom. The maximum Gasteiger partial charge on any atom is 0.237 e. The van der Waals surface area contributed by atoms with Gasteiger partial charge in [0.1, 0.15) is 11.6 Å². The Hall–Kier alpha value is -1.62. The highest BCUT2D eigenvalue weighted by Gasteiger charge is 2.19. The highest BCUT2D eigenvalue weighted by molar-refractivity contribution is 5.81. The van der Waals surface area contributed by atoms with Crippen LogP contribution < -0.4 is 15.4 Å². The van der Waals surface area contributed by atoms with Crippen LogP contribution in [0.15, 0.2) is 24.3 Å². The number of benzene rings is 1. The van der Waals surface area contributed by atoms with Crippen LogP contribution in [0.2, 0.25) is 0 Å². The van der Waals surface area contributed by atoms with E-state index in [1.807, 2.05) is 0 Å². The predicted octanol–water partition coefficient (Wildman–Crippen LogP) is 1.85. The zero-order valence-corrected chi connectivity index (χ0v) is 11.5. The molecule has 2 N–H and O–H groups in total. The van der Waals surface area contributed by atoms with Crippen molar-refractivity contribution in [2.45, 2.75) is 31.7 Å². The Kier molecular flexibility index (Phi) is 5.80. The van der Waals surface area contributed by atoms with Crippen LogP contribution in [0.3, 0.4) is 0 Å². The van der Waals surface area contributed by atoms with E-state index in [1.165, 1.54) is 12.1 Å². The Morgan fingerprint density at radius 3 is 2.85 bits per heavy atom. The summed E-state index contributed by atoms with van der Waals surface area (Å²) in [6.45, 7) is 2.02. The maximum absolute atomic E-state index is 12.7. The fourth-order valence-corrected chi connectivity index (χ4v) is 2.20. The topological polar surface area (TPSA) is 50.4 Å². The zero-order chi connectivity index (χ0) is 14.2. The normalized spacial score (nSPS) is 18.6. The standard InChI is InChI=1S/C15H21FN2O2/c16-12-5-7-13(8-6-12)20-11-3-10-18-15(19)14-4-1-2-9-17-14/h5-8,14,17H,1-4,9-11H2,(H,18,19). The smallest absolute Gasteiger partial charge is 0.237 e. The van der Waals surface area contributed by atoms with Gasteiger partial charge in [-0.3, -0.25) is 4.79 Å². The minimum absolute atomic E-state index is 0.0400. The summed E-state index contributed by atoms with van der Waals surface area (Å²) in [6.07, 6.45) is 3.90. The lowest BCUT2D eigenvalue weighted by Gasteiger charge is -2.22. The molecule has 1 fully saturated rings. The van der Waals surface area contributed by atoms with E-state index < -0.39 is 0 Å². The van der Waals surface area contributed by atoms with Gasteiger partial charge in [-0.05, 0) is 50.1 Å². The molecule has 20 heavy (non-hydrogen) atoms. The van der Waals surface area contributed by atoms with Crippen molar-refractivity contribution < 1.29 is 13.9 Å². The number of carbonyl (C=O) groups is 1. The van der Waals surface area contributed by atoms with Crippen LogP contribution in [0, 0.1) is 5.82 Å².